The minimum atomic E-state index is 0.171. The zero-order valence-electron chi connectivity index (χ0n) is 13.6. The Kier molecular flexibility index (Phi) is 4.21. The quantitative estimate of drug-likeness (QED) is 0.875. The number of aromatic nitrogens is 2. The zero-order chi connectivity index (χ0) is 16.4. The Morgan fingerprint density at radius 1 is 1.29 bits per heavy atom. The Bertz CT molecular complexity index is 722. The standard InChI is InChI=1S/C18H22N4O2/c23-11-15-2-1-6-22(15)18-9-17(20-12-21-18)19-10-13-3-4-16-14(8-13)5-7-24-16/h3-4,8-9,12,15,23H,1-2,5-7,10-11H2,(H,19,20,21). The predicted octanol–water partition coefficient (Wildman–Crippen LogP) is 1.98. The summed E-state index contributed by atoms with van der Waals surface area (Å²) >= 11 is 0. The van der Waals surface area contributed by atoms with Gasteiger partial charge in [-0.25, -0.2) is 9.97 Å². The molecule has 0 spiro atoms. The number of aliphatic hydroxyl groups excluding tert-OH is 1. The highest BCUT2D eigenvalue weighted by Crippen LogP contribution is 2.27. The van der Waals surface area contributed by atoms with E-state index >= 15 is 0 Å². The number of benzene rings is 1. The molecule has 1 atom stereocenters. The van der Waals surface area contributed by atoms with Crippen LogP contribution in [0.3, 0.4) is 0 Å². The van der Waals surface area contributed by atoms with Crippen molar-refractivity contribution in [3.8, 4) is 5.75 Å². The van der Waals surface area contributed by atoms with Crippen LogP contribution in [0.5, 0.6) is 5.75 Å². The molecule has 1 aromatic heterocycles. The number of aliphatic hydroxyl groups is 1. The number of anilines is 2. The molecule has 0 radical (unpaired) electrons. The maximum Gasteiger partial charge on any atom is 0.134 e. The molecule has 0 amide bonds. The third kappa shape index (κ3) is 3.01. The molecule has 2 N–H and O–H groups in total. The van der Waals surface area contributed by atoms with Crippen molar-refractivity contribution >= 4 is 11.6 Å². The average molecular weight is 326 g/mol. The first-order valence-electron chi connectivity index (χ1n) is 8.51. The fourth-order valence-corrected chi connectivity index (χ4v) is 3.47. The van der Waals surface area contributed by atoms with Gasteiger partial charge >= 0.3 is 0 Å². The smallest absolute Gasteiger partial charge is 0.134 e. The van der Waals surface area contributed by atoms with E-state index in [1.54, 1.807) is 6.33 Å². The summed E-state index contributed by atoms with van der Waals surface area (Å²) in [6.45, 7) is 2.60. The Morgan fingerprint density at radius 2 is 2.25 bits per heavy atom. The Morgan fingerprint density at radius 3 is 3.17 bits per heavy atom. The maximum absolute atomic E-state index is 9.49. The number of ether oxygens (including phenoxy) is 1. The van der Waals surface area contributed by atoms with Gasteiger partial charge in [0.05, 0.1) is 19.3 Å². The van der Waals surface area contributed by atoms with Crippen LogP contribution < -0.4 is 15.0 Å². The molecule has 2 aliphatic rings. The van der Waals surface area contributed by atoms with Gasteiger partial charge < -0.3 is 20.1 Å². The van der Waals surface area contributed by atoms with E-state index in [9.17, 15) is 5.11 Å². The van der Waals surface area contributed by atoms with Gasteiger partial charge in [-0.1, -0.05) is 12.1 Å². The maximum atomic E-state index is 9.49. The largest absolute Gasteiger partial charge is 0.493 e. The van der Waals surface area contributed by atoms with Crippen LogP contribution in [0.25, 0.3) is 0 Å². The Balaban J connectivity index is 1.44. The predicted molar refractivity (Wildman–Crippen MR) is 92.5 cm³/mol. The number of rotatable bonds is 5. The minimum absolute atomic E-state index is 0.171. The average Bonchev–Trinajstić information content (AvgIpc) is 3.28. The van der Waals surface area contributed by atoms with E-state index < -0.39 is 0 Å². The summed E-state index contributed by atoms with van der Waals surface area (Å²) < 4.78 is 5.54. The first-order chi connectivity index (χ1) is 11.8. The van der Waals surface area contributed by atoms with Crippen LogP contribution in [0.15, 0.2) is 30.6 Å². The third-order valence-electron chi connectivity index (χ3n) is 4.76. The number of nitrogens with zero attached hydrogens (tertiary/aromatic N) is 3. The second-order valence-electron chi connectivity index (χ2n) is 6.33. The molecule has 0 bridgehead atoms. The number of fused-ring (bicyclic) bond motifs is 1. The lowest BCUT2D eigenvalue weighted by molar-refractivity contribution is 0.266. The topological polar surface area (TPSA) is 70.5 Å². The highest BCUT2D eigenvalue weighted by Gasteiger charge is 2.25. The second kappa shape index (κ2) is 6.65. The number of nitrogens with one attached hydrogen (secondary N) is 1. The zero-order valence-corrected chi connectivity index (χ0v) is 13.6. The highest BCUT2D eigenvalue weighted by molar-refractivity contribution is 5.50. The second-order valence-corrected chi connectivity index (χ2v) is 6.33. The summed E-state index contributed by atoms with van der Waals surface area (Å²) in [6, 6.07) is 8.46. The van der Waals surface area contributed by atoms with Gasteiger partial charge in [0.1, 0.15) is 23.7 Å². The minimum Gasteiger partial charge on any atom is -0.493 e. The lowest BCUT2D eigenvalue weighted by Gasteiger charge is -2.24. The molecular formula is C18H22N4O2. The normalized spacial score (nSPS) is 19.2. The van der Waals surface area contributed by atoms with Gasteiger partial charge in [-0.3, -0.25) is 0 Å². The molecule has 126 valence electrons. The van der Waals surface area contributed by atoms with Crippen molar-refractivity contribution in [3.63, 3.8) is 0 Å². The van der Waals surface area contributed by atoms with Crippen LogP contribution in [0.1, 0.15) is 24.0 Å². The molecule has 0 aliphatic carbocycles. The van der Waals surface area contributed by atoms with Crippen molar-refractivity contribution in [3.05, 3.63) is 41.7 Å². The van der Waals surface area contributed by atoms with E-state index in [4.69, 9.17) is 4.74 Å². The van der Waals surface area contributed by atoms with E-state index in [1.807, 2.05) is 12.1 Å². The Hall–Kier alpha value is -2.34. The van der Waals surface area contributed by atoms with Gasteiger partial charge in [0.2, 0.25) is 0 Å². The molecule has 1 aromatic carbocycles. The van der Waals surface area contributed by atoms with Crippen LogP contribution in [0, 0.1) is 0 Å². The van der Waals surface area contributed by atoms with Gasteiger partial charge in [0, 0.05) is 25.6 Å². The van der Waals surface area contributed by atoms with Crippen LogP contribution in [-0.2, 0) is 13.0 Å². The van der Waals surface area contributed by atoms with Crippen LogP contribution in [0.2, 0.25) is 0 Å². The van der Waals surface area contributed by atoms with Gasteiger partial charge in [0.15, 0.2) is 0 Å². The van der Waals surface area contributed by atoms with Crippen molar-refractivity contribution in [2.24, 2.45) is 0 Å². The molecule has 24 heavy (non-hydrogen) atoms. The van der Waals surface area contributed by atoms with E-state index in [0.29, 0.717) is 6.54 Å². The summed E-state index contributed by atoms with van der Waals surface area (Å²) in [5.74, 6) is 2.69. The summed E-state index contributed by atoms with van der Waals surface area (Å²) in [4.78, 5) is 10.8. The van der Waals surface area contributed by atoms with Crippen molar-refractivity contribution in [1.29, 1.82) is 0 Å². The molecular weight excluding hydrogens is 304 g/mol. The van der Waals surface area contributed by atoms with E-state index in [-0.39, 0.29) is 12.6 Å². The molecule has 1 unspecified atom stereocenters. The third-order valence-corrected chi connectivity index (χ3v) is 4.76. The summed E-state index contributed by atoms with van der Waals surface area (Å²) in [5, 5.41) is 12.9. The van der Waals surface area contributed by atoms with E-state index in [0.717, 1.165) is 49.8 Å². The molecule has 2 aromatic rings. The van der Waals surface area contributed by atoms with Gasteiger partial charge in [-0.2, -0.15) is 0 Å². The van der Waals surface area contributed by atoms with Gasteiger partial charge in [0.25, 0.3) is 0 Å². The van der Waals surface area contributed by atoms with E-state index in [1.165, 1.54) is 11.1 Å². The van der Waals surface area contributed by atoms with Crippen LogP contribution >= 0.6 is 0 Å². The molecule has 2 aliphatic heterocycles. The first-order valence-corrected chi connectivity index (χ1v) is 8.51. The summed E-state index contributed by atoms with van der Waals surface area (Å²) in [5.41, 5.74) is 2.49. The van der Waals surface area contributed by atoms with E-state index in [2.05, 4.69) is 32.3 Å². The molecule has 3 heterocycles. The van der Waals surface area contributed by atoms with Gasteiger partial charge in [-0.05, 0) is 30.0 Å². The van der Waals surface area contributed by atoms with Crippen molar-refractivity contribution in [2.75, 3.05) is 30.0 Å². The number of hydrogen-bond acceptors (Lipinski definition) is 6. The van der Waals surface area contributed by atoms with Crippen molar-refractivity contribution in [1.82, 2.24) is 9.97 Å². The number of hydrogen-bond donors (Lipinski definition) is 2. The lowest BCUT2D eigenvalue weighted by atomic mass is 10.1. The SMILES string of the molecule is OCC1CCCN1c1cc(NCc2ccc3c(c2)CCO3)ncn1. The Labute approximate surface area is 141 Å². The van der Waals surface area contributed by atoms with Crippen molar-refractivity contribution < 1.29 is 9.84 Å². The highest BCUT2D eigenvalue weighted by atomic mass is 16.5. The summed E-state index contributed by atoms with van der Waals surface area (Å²) in [6.07, 6.45) is 4.68. The van der Waals surface area contributed by atoms with Crippen LogP contribution in [-0.4, -0.2) is 40.9 Å². The fourth-order valence-electron chi connectivity index (χ4n) is 3.47. The summed E-state index contributed by atoms with van der Waals surface area (Å²) in [7, 11) is 0. The lowest BCUT2D eigenvalue weighted by Crippen LogP contribution is -2.32. The molecule has 6 heteroatoms. The molecule has 6 nitrogen and oxygen atoms in total. The first kappa shape index (κ1) is 15.2. The molecule has 4 rings (SSSR count). The van der Waals surface area contributed by atoms with Gasteiger partial charge in [-0.15, -0.1) is 0 Å². The monoisotopic (exact) mass is 326 g/mol. The molecule has 1 saturated heterocycles. The molecule has 1 fully saturated rings. The molecule has 0 saturated carbocycles. The fraction of sp³-hybridized carbons (Fsp3) is 0.444. The van der Waals surface area contributed by atoms with Crippen LogP contribution in [0.4, 0.5) is 11.6 Å². The van der Waals surface area contributed by atoms with Crippen molar-refractivity contribution in [2.45, 2.75) is 31.8 Å².